The predicted octanol–water partition coefficient (Wildman–Crippen LogP) is 3.31. The molecule has 0 saturated heterocycles. The van der Waals surface area contributed by atoms with Crippen LogP contribution in [0.5, 0.6) is 0 Å². The fraction of sp³-hybridized carbons (Fsp3) is 0. The van der Waals surface area contributed by atoms with Gasteiger partial charge in [0.25, 0.3) is 11.4 Å². The normalized spacial score (nSPS) is 10.4. The van der Waals surface area contributed by atoms with E-state index in [1.807, 2.05) is 0 Å². The predicted molar refractivity (Wildman–Crippen MR) is 62.3 cm³/mol. The van der Waals surface area contributed by atoms with Gasteiger partial charge in [0.05, 0.1) is 15.2 Å². The zero-order valence-electron chi connectivity index (χ0n) is 8.29. The molecule has 17 heavy (non-hydrogen) atoms. The van der Waals surface area contributed by atoms with Crippen molar-refractivity contribution in [2.45, 2.75) is 0 Å². The van der Waals surface area contributed by atoms with Crippen LogP contribution in [0.4, 0.5) is 11.4 Å². The van der Waals surface area contributed by atoms with Crippen LogP contribution < -0.4 is 0 Å². The first-order valence-corrected chi connectivity index (χ1v) is 4.89. The van der Waals surface area contributed by atoms with Gasteiger partial charge in [-0.3, -0.25) is 20.2 Å². The number of hydrogen-bond donors (Lipinski definition) is 0. The number of nitrogens with zero attached hydrogens (tertiary/aromatic N) is 2. The molecule has 0 atom stereocenters. The molecule has 0 N–H and O–H groups in total. The molecule has 0 bridgehead atoms. The maximum atomic E-state index is 10.8. The molecule has 0 fully saturated rings. The molecule has 7 heteroatoms. The molecule has 0 unspecified atom stereocenters. The molecule has 0 saturated carbocycles. The third-order valence-corrected chi connectivity index (χ3v) is 2.66. The maximum Gasteiger partial charge on any atom is 0.277 e. The smallest absolute Gasteiger partial charge is 0.258 e. The average molecular weight is 253 g/mol. The van der Waals surface area contributed by atoms with Crippen LogP contribution in [0.1, 0.15) is 0 Å². The van der Waals surface area contributed by atoms with Gasteiger partial charge in [-0.1, -0.05) is 11.6 Å². The fourth-order valence-corrected chi connectivity index (χ4v) is 1.78. The molecule has 2 aromatic carbocycles. The van der Waals surface area contributed by atoms with Crippen LogP contribution in [0.2, 0.25) is 5.02 Å². The lowest BCUT2D eigenvalue weighted by atomic mass is 10.1. The summed E-state index contributed by atoms with van der Waals surface area (Å²) in [4.78, 5) is 20.3. The lowest BCUT2D eigenvalue weighted by molar-refractivity contribution is -0.385. The van der Waals surface area contributed by atoms with Gasteiger partial charge in [-0.2, -0.15) is 0 Å². The molecule has 0 amide bonds. The Morgan fingerprint density at radius 3 is 2.24 bits per heavy atom. The minimum Gasteiger partial charge on any atom is -0.258 e. The molecule has 0 aromatic heterocycles. The molecular weight excluding hydrogens is 248 g/mol. The van der Waals surface area contributed by atoms with Gasteiger partial charge in [0, 0.05) is 28.6 Å². The van der Waals surface area contributed by atoms with Gasteiger partial charge >= 0.3 is 0 Å². The molecule has 2 aromatic rings. The van der Waals surface area contributed by atoms with Gasteiger partial charge in [-0.25, -0.2) is 0 Å². The monoisotopic (exact) mass is 252 g/mol. The molecule has 0 heterocycles. The molecule has 0 aliphatic rings. The van der Waals surface area contributed by atoms with E-state index in [2.05, 4.69) is 0 Å². The highest BCUT2D eigenvalue weighted by Crippen LogP contribution is 2.33. The summed E-state index contributed by atoms with van der Waals surface area (Å²) in [6.07, 6.45) is 0. The summed E-state index contributed by atoms with van der Waals surface area (Å²) in [5.74, 6) is 0. The van der Waals surface area contributed by atoms with E-state index in [1.54, 1.807) is 0 Å². The lowest BCUT2D eigenvalue weighted by Gasteiger charge is -2.01. The van der Waals surface area contributed by atoms with Crippen LogP contribution in [-0.4, -0.2) is 9.85 Å². The third kappa shape index (κ3) is 1.90. The Balaban J connectivity index is 2.82. The van der Waals surface area contributed by atoms with E-state index in [-0.39, 0.29) is 21.8 Å². The second-order valence-corrected chi connectivity index (χ2v) is 3.72. The number of nitro groups is 2. The first-order valence-electron chi connectivity index (χ1n) is 4.52. The summed E-state index contributed by atoms with van der Waals surface area (Å²) in [6, 6.07) is 6.40. The highest BCUT2D eigenvalue weighted by Gasteiger charge is 2.16. The second kappa shape index (κ2) is 3.99. The van der Waals surface area contributed by atoms with Gasteiger partial charge in [-0.15, -0.1) is 0 Å². The van der Waals surface area contributed by atoms with E-state index in [0.717, 1.165) is 0 Å². The quantitative estimate of drug-likeness (QED) is 0.606. The first-order chi connectivity index (χ1) is 8.00. The summed E-state index contributed by atoms with van der Waals surface area (Å²) in [5.41, 5.74) is -0.279. The molecule has 0 spiro atoms. The molecule has 2 rings (SSSR count). The molecule has 0 aliphatic carbocycles. The summed E-state index contributed by atoms with van der Waals surface area (Å²) in [6.45, 7) is 0. The Hall–Kier alpha value is -2.21. The number of fused-ring (bicyclic) bond motifs is 1. The molecule has 86 valence electrons. The number of non-ortho nitro benzene ring substituents is 2. The summed E-state index contributed by atoms with van der Waals surface area (Å²) >= 11 is 5.87. The lowest BCUT2D eigenvalue weighted by Crippen LogP contribution is -1.92. The van der Waals surface area contributed by atoms with Crippen LogP contribution in [0.25, 0.3) is 10.8 Å². The zero-order chi connectivity index (χ0) is 12.6. The zero-order valence-corrected chi connectivity index (χ0v) is 9.05. The first kappa shape index (κ1) is 11.3. The van der Waals surface area contributed by atoms with Crippen molar-refractivity contribution in [1.82, 2.24) is 0 Å². The van der Waals surface area contributed by atoms with Crippen molar-refractivity contribution in [2.24, 2.45) is 0 Å². The minimum absolute atomic E-state index is 0.126. The Labute approximate surface area is 99.7 Å². The van der Waals surface area contributed by atoms with Crippen LogP contribution in [0.3, 0.4) is 0 Å². The number of nitro benzene ring substituents is 2. The Morgan fingerprint density at radius 1 is 0.941 bits per heavy atom. The van der Waals surface area contributed by atoms with E-state index < -0.39 is 9.85 Å². The van der Waals surface area contributed by atoms with Crippen molar-refractivity contribution in [3.63, 3.8) is 0 Å². The Kier molecular flexibility index (Phi) is 2.64. The van der Waals surface area contributed by atoms with Gasteiger partial charge in [0.15, 0.2) is 0 Å². The second-order valence-electron chi connectivity index (χ2n) is 3.31. The van der Waals surface area contributed by atoms with Gasteiger partial charge < -0.3 is 0 Å². The van der Waals surface area contributed by atoms with Crippen molar-refractivity contribution >= 4 is 33.7 Å². The number of rotatable bonds is 2. The fourth-order valence-electron chi connectivity index (χ4n) is 1.56. The summed E-state index contributed by atoms with van der Waals surface area (Å²) in [5, 5.41) is 22.2. The highest BCUT2D eigenvalue weighted by molar-refractivity contribution is 6.36. The maximum absolute atomic E-state index is 10.8. The van der Waals surface area contributed by atoms with Crippen molar-refractivity contribution < 1.29 is 9.85 Å². The van der Waals surface area contributed by atoms with Crippen LogP contribution in [0, 0.1) is 20.2 Å². The van der Waals surface area contributed by atoms with Crippen molar-refractivity contribution in [3.8, 4) is 0 Å². The molecular formula is C10H5ClN2O4. The van der Waals surface area contributed by atoms with Crippen LogP contribution in [0.15, 0.2) is 30.3 Å². The molecule has 0 radical (unpaired) electrons. The summed E-state index contributed by atoms with van der Waals surface area (Å²) in [7, 11) is 0. The van der Waals surface area contributed by atoms with E-state index in [0.29, 0.717) is 5.39 Å². The number of halogens is 1. The van der Waals surface area contributed by atoms with E-state index in [4.69, 9.17) is 11.6 Å². The Bertz CT molecular complexity index is 641. The third-order valence-electron chi connectivity index (χ3n) is 2.33. The highest BCUT2D eigenvalue weighted by atomic mass is 35.5. The number of benzene rings is 2. The Morgan fingerprint density at radius 2 is 1.65 bits per heavy atom. The van der Waals surface area contributed by atoms with Gasteiger partial charge in [0.2, 0.25) is 0 Å². The topological polar surface area (TPSA) is 86.3 Å². The average Bonchev–Trinajstić information content (AvgIpc) is 2.28. The minimum atomic E-state index is -0.575. The standard InChI is InChI=1S/C10H5ClN2O4/c11-9-3-4-10(13(16)17)7-2-1-6(12(14)15)5-8(7)9/h1-5H. The van der Waals surface area contributed by atoms with Crippen molar-refractivity contribution in [1.29, 1.82) is 0 Å². The van der Waals surface area contributed by atoms with E-state index in [1.165, 1.54) is 30.3 Å². The van der Waals surface area contributed by atoms with E-state index in [9.17, 15) is 20.2 Å². The van der Waals surface area contributed by atoms with E-state index >= 15 is 0 Å². The van der Waals surface area contributed by atoms with Crippen molar-refractivity contribution in [2.75, 3.05) is 0 Å². The number of hydrogen-bond acceptors (Lipinski definition) is 4. The summed E-state index contributed by atoms with van der Waals surface area (Å²) < 4.78 is 0. The van der Waals surface area contributed by atoms with Gasteiger partial charge in [0.1, 0.15) is 0 Å². The molecule has 6 nitrogen and oxygen atoms in total. The van der Waals surface area contributed by atoms with Crippen molar-refractivity contribution in [3.05, 3.63) is 55.6 Å². The van der Waals surface area contributed by atoms with Crippen LogP contribution in [-0.2, 0) is 0 Å². The van der Waals surface area contributed by atoms with Crippen LogP contribution >= 0.6 is 11.6 Å². The van der Waals surface area contributed by atoms with Gasteiger partial charge in [-0.05, 0) is 12.1 Å². The molecule has 0 aliphatic heterocycles. The SMILES string of the molecule is O=[N+]([O-])c1ccc2c([N+](=O)[O-])ccc(Cl)c2c1. The largest absolute Gasteiger partial charge is 0.277 e.